The van der Waals surface area contributed by atoms with E-state index in [0.717, 1.165) is 5.52 Å². The molecule has 22 heavy (non-hydrogen) atoms. The van der Waals surface area contributed by atoms with Gasteiger partial charge in [0.2, 0.25) is 0 Å². The number of aromatic nitrogens is 2. The van der Waals surface area contributed by atoms with Gasteiger partial charge in [-0.15, -0.1) is 0 Å². The van der Waals surface area contributed by atoms with Crippen LogP contribution in [0.2, 0.25) is 0 Å². The third kappa shape index (κ3) is 2.65. The molecule has 6 nitrogen and oxygen atoms in total. The molecule has 6 heteroatoms. The van der Waals surface area contributed by atoms with Crippen molar-refractivity contribution >= 4 is 11.0 Å². The van der Waals surface area contributed by atoms with Gasteiger partial charge in [0.1, 0.15) is 23.2 Å². The SMILES string of the molecule is CCOC(C)(OCC)n1c(C)nc2c(C#N)cc(OC)cc21. The van der Waals surface area contributed by atoms with Gasteiger partial charge in [-0.3, -0.25) is 4.57 Å². The van der Waals surface area contributed by atoms with Crippen molar-refractivity contribution in [1.29, 1.82) is 5.26 Å². The van der Waals surface area contributed by atoms with Crippen LogP contribution >= 0.6 is 0 Å². The predicted molar refractivity (Wildman–Crippen MR) is 82.6 cm³/mol. The lowest BCUT2D eigenvalue weighted by atomic mass is 10.2. The number of nitrogens with zero attached hydrogens (tertiary/aromatic N) is 3. The maximum absolute atomic E-state index is 9.35. The number of ether oxygens (including phenoxy) is 3. The maximum Gasteiger partial charge on any atom is 0.254 e. The van der Waals surface area contributed by atoms with Gasteiger partial charge in [-0.25, -0.2) is 4.98 Å². The Kier molecular flexibility index (Phi) is 4.69. The lowest BCUT2D eigenvalue weighted by molar-refractivity contribution is -0.277. The molecule has 118 valence electrons. The van der Waals surface area contributed by atoms with Crippen LogP contribution in [0, 0.1) is 18.3 Å². The zero-order valence-corrected chi connectivity index (χ0v) is 13.6. The molecule has 0 aliphatic carbocycles. The van der Waals surface area contributed by atoms with Crippen molar-refractivity contribution in [1.82, 2.24) is 9.55 Å². The molecule has 0 fully saturated rings. The topological polar surface area (TPSA) is 69.3 Å². The minimum Gasteiger partial charge on any atom is -0.497 e. The van der Waals surface area contributed by atoms with E-state index in [1.165, 1.54) is 0 Å². The highest BCUT2D eigenvalue weighted by molar-refractivity contribution is 5.84. The summed E-state index contributed by atoms with van der Waals surface area (Å²) in [7, 11) is 1.57. The number of imidazole rings is 1. The Morgan fingerprint density at radius 2 is 1.91 bits per heavy atom. The van der Waals surface area contributed by atoms with Crippen molar-refractivity contribution in [2.75, 3.05) is 20.3 Å². The number of methoxy groups -OCH3 is 1. The summed E-state index contributed by atoms with van der Waals surface area (Å²) in [6, 6.07) is 5.68. The first-order valence-electron chi connectivity index (χ1n) is 7.26. The Morgan fingerprint density at radius 3 is 2.41 bits per heavy atom. The van der Waals surface area contributed by atoms with E-state index in [1.54, 1.807) is 13.2 Å². The molecule has 1 aromatic heterocycles. The Balaban J connectivity index is 2.77. The van der Waals surface area contributed by atoms with Gasteiger partial charge in [0.25, 0.3) is 5.91 Å². The normalized spacial score (nSPS) is 11.6. The van der Waals surface area contributed by atoms with Crippen LogP contribution in [0.5, 0.6) is 5.75 Å². The second-order valence-electron chi connectivity index (χ2n) is 4.91. The fourth-order valence-electron chi connectivity index (χ4n) is 2.69. The Hall–Kier alpha value is -2.10. The van der Waals surface area contributed by atoms with Crippen molar-refractivity contribution in [3.63, 3.8) is 0 Å². The first-order valence-corrected chi connectivity index (χ1v) is 7.26. The van der Waals surface area contributed by atoms with E-state index >= 15 is 0 Å². The number of nitriles is 1. The fourth-order valence-corrected chi connectivity index (χ4v) is 2.69. The van der Waals surface area contributed by atoms with E-state index in [4.69, 9.17) is 14.2 Å². The molecule has 0 saturated carbocycles. The second-order valence-corrected chi connectivity index (χ2v) is 4.91. The largest absolute Gasteiger partial charge is 0.497 e. The molecular formula is C16H21N3O3. The molecule has 2 rings (SSSR count). The average molecular weight is 303 g/mol. The monoisotopic (exact) mass is 303 g/mol. The number of fused-ring (bicyclic) bond motifs is 1. The number of hydrogen-bond donors (Lipinski definition) is 0. The van der Waals surface area contributed by atoms with Gasteiger partial charge in [-0.05, 0) is 20.8 Å². The standard InChI is InChI=1S/C16H21N3O3/c1-6-21-16(4,22-7-2)19-11(3)18-15-12(10-17)8-13(20-5)9-14(15)19/h8-9H,6-7H2,1-5H3. The smallest absolute Gasteiger partial charge is 0.254 e. The molecule has 1 aromatic carbocycles. The van der Waals surface area contributed by atoms with Crippen molar-refractivity contribution in [2.24, 2.45) is 0 Å². The van der Waals surface area contributed by atoms with Gasteiger partial charge in [-0.1, -0.05) is 0 Å². The summed E-state index contributed by atoms with van der Waals surface area (Å²) >= 11 is 0. The highest BCUT2D eigenvalue weighted by Gasteiger charge is 2.32. The van der Waals surface area contributed by atoms with Crippen molar-refractivity contribution in [3.8, 4) is 11.8 Å². The molecule has 0 saturated heterocycles. The van der Waals surface area contributed by atoms with Gasteiger partial charge in [0.05, 0.1) is 18.2 Å². The van der Waals surface area contributed by atoms with Gasteiger partial charge in [0.15, 0.2) is 0 Å². The minimum atomic E-state index is -0.985. The average Bonchev–Trinajstić information content (AvgIpc) is 2.83. The summed E-state index contributed by atoms with van der Waals surface area (Å²) in [6.07, 6.45) is 0. The summed E-state index contributed by atoms with van der Waals surface area (Å²) in [5, 5.41) is 9.35. The lowest BCUT2D eigenvalue weighted by Crippen LogP contribution is -2.37. The first kappa shape index (κ1) is 16.3. The Morgan fingerprint density at radius 1 is 1.27 bits per heavy atom. The molecule has 0 amide bonds. The predicted octanol–water partition coefficient (Wildman–Crippen LogP) is 2.93. The van der Waals surface area contributed by atoms with Crippen LogP contribution in [0.1, 0.15) is 32.2 Å². The quantitative estimate of drug-likeness (QED) is 0.767. The fraction of sp³-hybridized carbons (Fsp3) is 0.500. The summed E-state index contributed by atoms with van der Waals surface area (Å²) in [5.41, 5.74) is 1.83. The molecule has 0 aliphatic heterocycles. The van der Waals surface area contributed by atoms with Crippen LogP contribution in [-0.4, -0.2) is 29.9 Å². The van der Waals surface area contributed by atoms with Crippen LogP contribution in [0.3, 0.4) is 0 Å². The van der Waals surface area contributed by atoms with E-state index in [-0.39, 0.29) is 0 Å². The summed E-state index contributed by atoms with van der Waals surface area (Å²) in [4.78, 5) is 4.51. The second kappa shape index (κ2) is 6.34. The highest BCUT2D eigenvalue weighted by Crippen LogP contribution is 2.32. The van der Waals surface area contributed by atoms with E-state index in [1.807, 2.05) is 38.3 Å². The highest BCUT2D eigenvalue weighted by atomic mass is 16.7. The molecule has 0 aliphatic rings. The molecule has 0 bridgehead atoms. The molecule has 0 atom stereocenters. The van der Waals surface area contributed by atoms with Gasteiger partial charge in [-0.2, -0.15) is 5.26 Å². The number of benzene rings is 1. The third-order valence-electron chi connectivity index (χ3n) is 3.49. The third-order valence-corrected chi connectivity index (χ3v) is 3.49. The number of hydrogen-bond acceptors (Lipinski definition) is 5. The van der Waals surface area contributed by atoms with Crippen LogP contribution in [0.25, 0.3) is 11.0 Å². The molecule has 1 heterocycles. The number of aryl methyl sites for hydroxylation is 1. The molecule has 0 N–H and O–H groups in total. The molecule has 2 aromatic rings. The summed E-state index contributed by atoms with van der Waals surface area (Å²) in [6.45, 7) is 8.51. The maximum atomic E-state index is 9.35. The Bertz CT molecular complexity index is 709. The van der Waals surface area contributed by atoms with E-state index in [0.29, 0.717) is 35.9 Å². The van der Waals surface area contributed by atoms with Crippen LogP contribution in [0.4, 0.5) is 0 Å². The molecule has 0 spiro atoms. The van der Waals surface area contributed by atoms with Gasteiger partial charge in [0, 0.05) is 32.3 Å². The van der Waals surface area contributed by atoms with Crippen molar-refractivity contribution in [3.05, 3.63) is 23.5 Å². The molecule has 0 radical (unpaired) electrons. The zero-order valence-electron chi connectivity index (χ0n) is 13.6. The molecule has 0 unspecified atom stereocenters. The van der Waals surface area contributed by atoms with E-state index < -0.39 is 5.91 Å². The van der Waals surface area contributed by atoms with E-state index in [9.17, 15) is 5.26 Å². The van der Waals surface area contributed by atoms with Crippen molar-refractivity contribution < 1.29 is 14.2 Å². The van der Waals surface area contributed by atoms with Crippen LogP contribution in [-0.2, 0) is 15.4 Å². The molecular weight excluding hydrogens is 282 g/mol. The first-order chi connectivity index (χ1) is 10.5. The number of rotatable bonds is 6. The van der Waals surface area contributed by atoms with Crippen molar-refractivity contribution in [2.45, 2.75) is 33.6 Å². The summed E-state index contributed by atoms with van der Waals surface area (Å²) < 4.78 is 18.8. The summed E-state index contributed by atoms with van der Waals surface area (Å²) in [5.74, 6) is 0.325. The Labute approximate surface area is 130 Å². The minimum absolute atomic E-state index is 0.464. The van der Waals surface area contributed by atoms with Gasteiger partial charge >= 0.3 is 0 Å². The van der Waals surface area contributed by atoms with Gasteiger partial charge < -0.3 is 14.2 Å². The van der Waals surface area contributed by atoms with E-state index in [2.05, 4.69) is 11.1 Å². The lowest BCUT2D eigenvalue weighted by Gasteiger charge is -2.32. The van der Waals surface area contributed by atoms with Crippen LogP contribution < -0.4 is 4.74 Å². The van der Waals surface area contributed by atoms with Crippen LogP contribution in [0.15, 0.2) is 12.1 Å². The zero-order chi connectivity index (χ0) is 16.3.